The van der Waals surface area contributed by atoms with Crippen molar-refractivity contribution in [3.63, 3.8) is 0 Å². The number of carbonyl (C=O) groups is 3. The maximum atomic E-state index is 13.6. The molecular weight excluding hydrogens is 499 g/mol. The van der Waals surface area contributed by atoms with E-state index in [1.807, 2.05) is 24.3 Å². The van der Waals surface area contributed by atoms with Crippen LogP contribution in [-0.4, -0.2) is 54.8 Å². The lowest BCUT2D eigenvalue weighted by molar-refractivity contribution is -0.141. The first-order valence-electron chi connectivity index (χ1n) is 10.6. The monoisotopic (exact) mass is 522 g/mol. The number of carbonyl (C=O) groups excluding carboxylic acids is 3. The van der Waals surface area contributed by atoms with E-state index in [0.717, 1.165) is 10.2 Å². The molecule has 1 atom stereocenters. The van der Waals surface area contributed by atoms with E-state index in [0.29, 0.717) is 10.7 Å². The van der Waals surface area contributed by atoms with Gasteiger partial charge in [0.1, 0.15) is 12.4 Å². The molecule has 2 N–H and O–H groups in total. The molecule has 0 aliphatic carbocycles. The predicted octanol–water partition coefficient (Wildman–Crippen LogP) is 4.80. The molecule has 0 spiro atoms. The summed E-state index contributed by atoms with van der Waals surface area (Å²) in [5.74, 6) is -1.05. The molecule has 0 aliphatic heterocycles. The molecule has 0 unspecified atom stereocenters. The Kier molecular flexibility index (Phi) is 9.21. The Labute approximate surface area is 210 Å². The highest BCUT2D eigenvalue weighted by Gasteiger charge is 2.23. The normalized spacial score (nSPS) is 11.5. The molecule has 0 bridgehead atoms. The molecule has 0 aliphatic rings. The van der Waals surface area contributed by atoms with Crippen LogP contribution in [0.2, 0.25) is 5.02 Å². The highest BCUT2D eigenvalue weighted by atomic mass is 35.5. The van der Waals surface area contributed by atoms with Crippen LogP contribution in [0.4, 0.5) is 19.1 Å². The quantitative estimate of drug-likeness (QED) is 0.391. The summed E-state index contributed by atoms with van der Waals surface area (Å²) in [6, 6.07) is 10.6. The molecule has 9 nitrogen and oxygen atoms in total. The third kappa shape index (κ3) is 7.27. The number of hydrogen-bond donors (Lipinski definition) is 2. The second-order valence-corrected chi connectivity index (χ2v) is 8.87. The first-order valence-corrected chi connectivity index (χ1v) is 11.8. The molecule has 1 heterocycles. The van der Waals surface area contributed by atoms with Crippen molar-refractivity contribution in [2.75, 3.05) is 26.1 Å². The molecular formula is C23H24ClFN4O5S. The summed E-state index contributed by atoms with van der Waals surface area (Å²) < 4.78 is 24.5. The summed E-state index contributed by atoms with van der Waals surface area (Å²) in [5, 5.41) is 5.52. The number of nitrogens with zero attached hydrogens (tertiary/aromatic N) is 2. The fourth-order valence-corrected chi connectivity index (χ4v) is 4.19. The van der Waals surface area contributed by atoms with Gasteiger partial charge in [-0.3, -0.25) is 10.1 Å². The average Bonchev–Trinajstić information content (AvgIpc) is 3.26. The van der Waals surface area contributed by atoms with Gasteiger partial charge in [0.2, 0.25) is 0 Å². The zero-order chi connectivity index (χ0) is 25.4. The van der Waals surface area contributed by atoms with Gasteiger partial charge in [-0.05, 0) is 30.2 Å². The van der Waals surface area contributed by atoms with Gasteiger partial charge in [-0.25, -0.2) is 19.0 Å². The summed E-state index contributed by atoms with van der Waals surface area (Å²) in [6.45, 7) is -0.194. The topological polar surface area (TPSA) is 110 Å². The molecule has 3 aromatic rings. The number of benzene rings is 2. The van der Waals surface area contributed by atoms with Crippen LogP contribution in [0.25, 0.3) is 10.2 Å². The van der Waals surface area contributed by atoms with E-state index in [9.17, 15) is 18.8 Å². The van der Waals surface area contributed by atoms with Gasteiger partial charge in [0.25, 0.3) is 0 Å². The Morgan fingerprint density at radius 3 is 2.71 bits per heavy atom. The van der Waals surface area contributed by atoms with Crippen molar-refractivity contribution in [2.24, 2.45) is 0 Å². The van der Waals surface area contributed by atoms with E-state index < -0.39 is 30.0 Å². The second kappa shape index (κ2) is 12.3. The summed E-state index contributed by atoms with van der Waals surface area (Å²) >= 11 is 7.23. The molecule has 2 aromatic carbocycles. The van der Waals surface area contributed by atoms with Gasteiger partial charge >= 0.3 is 18.1 Å². The standard InChI is InChI=1S/C23H24ClFN4O5S/c1-29(22(31)26-12-14-6-5-7-16(25)20(14)24)15(10-11-19(30)33-2)13-34-23(32)28-21-27-17-8-3-4-9-18(17)35-21/h3-9,15H,10-13H2,1-2H3,(H,26,31)(H,27,28,32)/t15-/m0/s1. The van der Waals surface area contributed by atoms with Crippen LogP contribution in [0.15, 0.2) is 42.5 Å². The molecule has 0 saturated carbocycles. The fourth-order valence-electron chi connectivity index (χ4n) is 3.14. The van der Waals surface area contributed by atoms with Gasteiger partial charge in [-0.2, -0.15) is 0 Å². The zero-order valence-corrected chi connectivity index (χ0v) is 20.6. The number of ether oxygens (including phenoxy) is 2. The fraction of sp³-hybridized carbons (Fsp3) is 0.304. The summed E-state index contributed by atoms with van der Waals surface area (Å²) in [6.07, 6.45) is -0.546. The Bertz CT molecular complexity index is 1170. The van der Waals surface area contributed by atoms with Crippen molar-refractivity contribution < 1.29 is 28.2 Å². The highest BCUT2D eigenvalue weighted by Crippen LogP contribution is 2.25. The van der Waals surface area contributed by atoms with E-state index in [1.165, 1.54) is 42.5 Å². The lowest BCUT2D eigenvalue weighted by Gasteiger charge is -2.28. The van der Waals surface area contributed by atoms with Crippen LogP contribution in [-0.2, 0) is 20.8 Å². The maximum absolute atomic E-state index is 13.6. The highest BCUT2D eigenvalue weighted by molar-refractivity contribution is 7.22. The van der Waals surface area contributed by atoms with Crippen molar-refractivity contribution in [3.8, 4) is 0 Å². The van der Waals surface area contributed by atoms with Crippen LogP contribution in [0.5, 0.6) is 0 Å². The summed E-state index contributed by atoms with van der Waals surface area (Å²) in [7, 11) is 2.76. The minimum atomic E-state index is -0.743. The van der Waals surface area contributed by atoms with Gasteiger partial charge < -0.3 is 19.7 Å². The van der Waals surface area contributed by atoms with Crippen molar-refractivity contribution in [2.45, 2.75) is 25.4 Å². The van der Waals surface area contributed by atoms with Gasteiger partial charge in [0, 0.05) is 20.0 Å². The summed E-state index contributed by atoms with van der Waals surface area (Å²) in [5.41, 5.74) is 1.16. The Morgan fingerprint density at radius 2 is 1.97 bits per heavy atom. The van der Waals surface area contributed by atoms with E-state index in [2.05, 4.69) is 20.4 Å². The molecule has 0 radical (unpaired) electrons. The van der Waals surface area contributed by atoms with Crippen molar-refractivity contribution in [3.05, 3.63) is 58.9 Å². The van der Waals surface area contributed by atoms with Crippen LogP contribution < -0.4 is 10.6 Å². The van der Waals surface area contributed by atoms with E-state index in [4.69, 9.17) is 16.3 Å². The van der Waals surface area contributed by atoms with Gasteiger partial charge in [0.15, 0.2) is 5.13 Å². The molecule has 3 rings (SSSR count). The zero-order valence-electron chi connectivity index (χ0n) is 19.0. The number of esters is 1. The molecule has 12 heteroatoms. The lowest BCUT2D eigenvalue weighted by atomic mass is 10.1. The van der Waals surface area contributed by atoms with E-state index in [1.54, 1.807) is 6.07 Å². The minimum Gasteiger partial charge on any atom is -0.469 e. The van der Waals surface area contributed by atoms with Crippen molar-refractivity contribution in [1.82, 2.24) is 15.2 Å². The van der Waals surface area contributed by atoms with E-state index >= 15 is 0 Å². The largest absolute Gasteiger partial charge is 0.469 e. The lowest BCUT2D eigenvalue weighted by Crippen LogP contribution is -2.46. The third-order valence-electron chi connectivity index (χ3n) is 5.15. The van der Waals surface area contributed by atoms with Crippen LogP contribution >= 0.6 is 22.9 Å². The minimum absolute atomic E-state index is 0.0113. The number of aromatic nitrogens is 1. The predicted molar refractivity (Wildman–Crippen MR) is 131 cm³/mol. The Hall–Kier alpha value is -3.44. The van der Waals surface area contributed by atoms with Crippen LogP contribution in [0, 0.1) is 5.82 Å². The number of thiazole rings is 1. The second-order valence-electron chi connectivity index (χ2n) is 7.46. The van der Waals surface area contributed by atoms with Gasteiger partial charge in [-0.1, -0.05) is 47.2 Å². The molecule has 3 amide bonds. The number of para-hydroxylation sites is 1. The molecule has 0 saturated heterocycles. The number of likely N-dealkylation sites (N-methyl/N-ethyl adjacent to an activating group) is 1. The van der Waals surface area contributed by atoms with Crippen molar-refractivity contribution >= 4 is 56.4 Å². The third-order valence-corrected chi connectivity index (χ3v) is 6.52. The summed E-state index contributed by atoms with van der Waals surface area (Å²) in [4.78, 5) is 42.3. The van der Waals surface area contributed by atoms with Crippen molar-refractivity contribution in [1.29, 1.82) is 0 Å². The first-order chi connectivity index (χ1) is 16.8. The number of fused-ring (bicyclic) bond motifs is 1. The average molecular weight is 523 g/mol. The van der Waals surface area contributed by atoms with Crippen LogP contribution in [0.1, 0.15) is 18.4 Å². The van der Waals surface area contributed by atoms with Gasteiger partial charge in [0.05, 0.1) is 28.4 Å². The van der Waals surface area contributed by atoms with E-state index in [-0.39, 0.29) is 31.0 Å². The number of halogens is 2. The Morgan fingerprint density at radius 1 is 1.20 bits per heavy atom. The number of nitrogens with one attached hydrogen (secondary N) is 2. The molecule has 1 aromatic heterocycles. The number of hydrogen-bond acceptors (Lipinski definition) is 7. The SMILES string of the molecule is COC(=O)CC[C@@H](COC(=O)Nc1nc2ccccc2s1)N(C)C(=O)NCc1cccc(F)c1Cl. The Balaban J connectivity index is 1.59. The molecule has 35 heavy (non-hydrogen) atoms. The number of amides is 3. The number of rotatable bonds is 9. The molecule has 0 fully saturated rings. The number of anilines is 1. The maximum Gasteiger partial charge on any atom is 0.413 e. The first kappa shape index (κ1) is 26.2. The number of methoxy groups -OCH3 is 1. The smallest absolute Gasteiger partial charge is 0.413 e. The van der Waals surface area contributed by atoms with Crippen LogP contribution in [0.3, 0.4) is 0 Å². The van der Waals surface area contributed by atoms with Gasteiger partial charge in [-0.15, -0.1) is 0 Å². The molecule has 186 valence electrons. The number of urea groups is 1.